The quantitative estimate of drug-likeness (QED) is 0.631. The van der Waals surface area contributed by atoms with Gasteiger partial charge < -0.3 is 15.0 Å². The van der Waals surface area contributed by atoms with Crippen LogP contribution in [0.5, 0.6) is 5.75 Å². The van der Waals surface area contributed by atoms with Crippen molar-refractivity contribution in [2.45, 2.75) is 45.2 Å². The zero-order valence-corrected chi connectivity index (χ0v) is 18.3. The van der Waals surface area contributed by atoms with Crippen LogP contribution >= 0.6 is 0 Å². The predicted molar refractivity (Wildman–Crippen MR) is 128 cm³/mol. The molecule has 32 heavy (non-hydrogen) atoms. The topological polar surface area (TPSA) is 66.0 Å². The highest BCUT2D eigenvalue weighted by atomic mass is 16.5. The zero-order chi connectivity index (χ0) is 21.8. The number of hydrogen-bond donors (Lipinski definition) is 2. The first kappa shape index (κ1) is 19.2. The van der Waals surface area contributed by atoms with E-state index < -0.39 is 0 Å². The van der Waals surface area contributed by atoms with Crippen molar-refractivity contribution < 1.29 is 9.53 Å². The van der Waals surface area contributed by atoms with Crippen LogP contribution in [0, 0.1) is 6.92 Å². The first-order valence-corrected chi connectivity index (χ1v) is 11.3. The molecule has 0 bridgehead atoms. The van der Waals surface area contributed by atoms with E-state index in [0.29, 0.717) is 12.6 Å². The van der Waals surface area contributed by atoms with Gasteiger partial charge in [0.15, 0.2) is 5.84 Å². The van der Waals surface area contributed by atoms with Gasteiger partial charge in [-0.2, -0.15) is 5.10 Å². The summed E-state index contributed by atoms with van der Waals surface area (Å²) in [7, 11) is 0. The molecule has 0 spiro atoms. The fourth-order valence-electron chi connectivity index (χ4n) is 4.74. The molecule has 2 N–H and O–H groups in total. The monoisotopic (exact) mass is 426 g/mol. The van der Waals surface area contributed by atoms with Gasteiger partial charge in [-0.15, -0.1) is 0 Å². The third kappa shape index (κ3) is 3.09. The molecular formula is C26H26N4O2. The maximum Gasteiger partial charge on any atom is 0.262 e. The number of nitrogens with one attached hydrogen (secondary N) is 2. The van der Waals surface area contributed by atoms with E-state index in [1.807, 2.05) is 11.8 Å². The predicted octanol–water partition coefficient (Wildman–Crippen LogP) is 4.81. The Kier molecular flexibility index (Phi) is 4.35. The summed E-state index contributed by atoms with van der Waals surface area (Å²) < 4.78 is 6.09. The van der Waals surface area contributed by atoms with E-state index in [2.05, 4.69) is 71.3 Å². The van der Waals surface area contributed by atoms with Crippen molar-refractivity contribution >= 4 is 33.9 Å². The highest BCUT2D eigenvalue weighted by molar-refractivity contribution is 6.10. The number of aryl methyl sites for hydroxylation is 1. The molecular weight excluding hydrogens is 400 g/mol. The number of amidine groups is 1. The summed E-state index contributed by atoms with van der Waals surface area (Å²) in [5, 5.41) is 10.4. The van der Waals surface area contributed by atoms with Gasteiger partial charge in [-0.3, -0.25) is 4.79 Å². The van der Waals surface area contributed by atoms with Gasteiger partial charge in [0, 0.05) is 17.3 Å². The number of hydrogen-bond acceptors (Lipinski definition) is 5. The highest BCUT2D eigenvalue weighted by Gasteiger charge is 2.36. The molecule has 3 aliphatic rings. The van der Waals surface area contributed by atoms with Crippen molar-refractivity contribution in [3.05, 3.63) is 54.1 Å². The zero-order valence-electron chi connectivity index (χ0n) is 18.3. The van der Waals surface area contributed by atoms with Crippen LogP contribution in [0.4, 0.5) is 11.4 Å². The lowest BCUT2D eigenvalue weighted by Gasteiger charge is -2.39. The van der Waals surface area contributed by atoms with Crippen LogP contribution in [-0.4, -0.2) is 30.4 Å². The highest BCUT2D eigenvalue weighted by Crippen LogP contribution is 2.44. The molecule has 0 radical (unpaired) electrons. The van der Waals surface area contributed by atoms with Gasteiger partial charge in [0.25, 0.3) is 5.91 Å². The average molecular weight is 427 g/mol. The minimum Gasteiger partial charge on any atom is -0.483 e. The largest absolute Gasteiger partial charge is 0.483 e. The third-order valence-corrected chi connectivity index (χ3v) is 6.83. The molecule has 1 amide bonds. The number of benzene rings is 3. The molecule has 0 aromatic heterocycles. The van der Waals surface area contributed by atoms with Crippen molar-refractivity contribution in [3.8, 4) is 16.9 Å². The van der Waals surface area contributed by atoms with E-state index in [0.717, 1.165) is 34.1 Å². The van der Waals surface area contributed by atoms with Crippen LogP contribution in [0.25, 0.3) is 21.9 Å². The van der Waals surface area contributed by atoms with Gasteiger partial charge in [0.05, 0.1) is 5.69 Å². The van der Waals surface area contributed by atoms with E-state index in [1.54, 1.807) is 0 Å². The van der Waals surface area contributed by atoms with Crippen LogP contribution in [0.1, 0.15) is 31.7 Å². The summed E-state index contributed by atoms with van der Waals surface area (Å²) in [5.74, 6) is 1.40. The second-order valence-corrected chi connectivity index (χ2v) is 9.04. The number of rotatable bonds is 3. The number of nitrogens with zero attached hydrogens (tertiary/aromatic N) is 2. The lowest BCUT2D eigenvalue weighted by Crippen LogP contribution is -2.55. The van der Waals surface area contributed by atoms with E-state index in [-0.39, 0.29) is 11.9 Å². The van der Waals surface area contributed by atoms with Gasteiger partial charge in [-0.05, 0) is 67.6 Å². The molecule has 162 valence electrons. The number of anilines is 2. The number of ether oxygens (including phenoxy) is 1. The maximum atomic E-state index is 12.3. The van der Waals surface area contributed by atoms with E-state index in [1.165, 1.54) is 35.6 Å². The Labute approximate surface area is 187 Å². The second-order valence-electron chi connectivity index (χ2n) is 9.04. The van der Waals surface area contributed by atoms with Gasteiger partial charge in [0.2, 0.25) is 0 Å². The van der Waals surface area contributed by atoms with E-state index in [4.69, 9.17) is 4.74 Å². The van der Waals surface area contributed by atoms with Crippen LogP contribution in [-0.2, 0) is 4.79 Å². The Morgan fingerprint density at radius 1 is 1.09 bits per heavy atom. The Bertz CT molecular complexity index is 1280. The Hall–Kier alpha value is -3.54. The summed E-state index contributed by atoms with van der Waals surface area (Å²) in [4.78, 5) is 14.3. The van der Waals surface area contributed by atoms with Crippen molar-refractivity contribution in [1.82, 2.24) is 5.43 Å². The Balaban J connectivity index is 1.49. The number of fused-ring (bicyclic) bond motifs is 4. The molecule has 0 saturated heterocycles. The van der Waals surface area contributed by atoms with Gasteiger partial charge in [-0.25, -0.2) is 5.43 Å². The van der Waals surface area contributed by atoms with Crippen LogP contribution in [0.2, 0.25) is 0 Å². The third-order valence-electron chi connectivity index (χ3n) is 6.83. The molecule has 1 atom stereocenters. The fraction of sp³-hybridized carbons (Fsp3) is 0.308. The van der Waals surface area contributed by atoms with Crippen molar-refractivity contribution in [2.24, 2.45) is 5.10 Å². The molecule has 6 heteroatoms. The number of hydrazone groups is 1. The van der Waals surface area contributed by atoms with Crippen LogP contribution in [0.15, 0.2) is 53.6 Å². The first-order chi connectivity index (χ1) is 15.6. The van der Waals surface area contributed by atoms with E-state index in [9.17, 15) is 4.79 Å². The molecule has 1 aliphatic carbocycles. The first-order valence-electron chi connectivity index (χ1n) is 11.3. The summed E-state index contributed by atoms with van der Waals surface area (Å²) in [6, 6.07) is 17.5. The molecule has 1 saturated carbocycles. The fourth-order valence-corrected chi connectivity index (χ4v) is 4.74. The van der Waals surface area contributed by atoms with Gasteiger partial charge in [0.1, 0.15) is 18.4 Å². The molecule has 6 nitrogen and oxygen atoms in total. The molecule has 1 unspecified atom stereocenters. The minimum atomic E-state index is -0.337. The van der Waals surface area contributed by atoms with Crippen molar-refractivity contribution in [2.75, 3.05) is 16.8 Å². The Morgan fingerprint density at radius 2 is 1.91 bits per heavy atom. The summed E-state index contributed by atoms with van der Waals surface area (Å²) in [5.41, 5.74) is 8.09. The van der Waals surface area contributed by atoms with Gasteiger partial charge in [-0.1, -0.05) is 35.9 Å². The normalized spacial score (nSPS) is 19.9. The van der Waals surface area contributed by atoms with Crippen LogP contribution in [0.3, 0.4) is 0 Å². The maximum absolute atomic E-state index is 12.3. The summed E-state index contributed by atoms with van der Waals surface area (Å²) in [6.07, 6.45) is 3.62. The van der Waals surface area contributed by atoms with Crippen molar-refractivity contribution in [3.63, 3.8) is 0 Å². The smallest absolute Gasteiger partial charge is 0.262 e. The summed E-state index contributed by atoms with van der Waals surface area (Å²) in [6.45, 7) is 4.36. The lowest BCUT2D eigenvalue weighted by atomic mass is 9.91. The number of carbonyl (C=O) groups excluding carboxylic acids is 1. The average Bonchev–Trinajstić information content (AvgIpc) is 2.77. The molecule has 2 heterocycles. The molecule has 3 aromatic rings. The Morgan fingerprint density at radius 3 is 2.72 bits per heavy atom. The molecule has 6 rings (SSSR count). The standard InChI is InChI=1S/C26H26N4O2/c1-15-6-7-18-11-19(9-8-17(18)10-15)21-12-24-23(13-22(21)27-20-4-3-5-20)30-16(2)26(31)29-28-25(30)14-32-24/h6-13,16,20,27H,3-5,14H2,1-2H3,(H,29,31). The lowest BCUT2D eigenvalue weighted by molar-refractivity contribution is -0.122. The molecule has 3 aromatic carbocycles. The van der Waals surface area contributed by atoms with Gasteiger partial charge >= 0.3 is 0 Å². The van der Waals surface area contributed by atoms with E-state index >= 15 is 0 Å². The SMILES string of the molecule is Cc1ccc2cc(-c3cc4c(cc3NC3CCC3)N3C(=NNC(=O)C3C)CO4)ccc2c1. The molecule has 1 fully saturated rings. The minimum absolute atomic E-state index is 0.107. The van der Waals surface area contributed by atoms with Crippen molar-refractivity contribution in [1.29, 1.82) is 0 Å². The molecule has 2 aliphatic heterocycles. The second kappa shape index (κ2) is 7.26. The number of carbonyl (C=O) groups is 1. The summed E-state index contributed by atoms with van der Waals surface area (Å²) >= 11 is 0. The number of amides is 1. The van der Waals surface area contributed by atoms with Crippen LogP contribution < -0.4 is 20.4 Å².